The first kappa shape index (κ1) is 12.5. The van der Waals surface area contributed by atoms with Crippen molar-refractivity contribution in [3.63, 3.8) is 0 Å². The van der Waals surface area contributed by atoms with Crippen LogP contribution in [0.2, 0.25) is 0 Å². The van der Waals surface area contributed by atoms with Gasteiger partial charge in [0.25, 0.3) is 0 Å². The van der Waals surface area contributed by atoms with Gasteiger partial charge in [-0.2, -0.15) is 0 Å². The lowest BCUT2D eigenvalue weighted by atomic mass is 10.3. The Morgan fingerprint density at radius 1 is 1.35 bits per heavy atom. The van der Waals surface area contributed by atoms with E-state index in [4.69, 9.17) is 5.11 Å². The van der Waals surface area contributed by atoms with Gasteiger partial charge in [0.2, 0.25) is 5.91 Å². The van der Waals surface area contributed by atoms with Gasteiger partial charge in [-0.3, -0.25) is 4.79 Å². The highest BCUT2D eigenvalue weighted by Crippen LogP contribution is 2.34. The molecule has 0 unspecified atom stereocenters. The smallest absolute Gasteiger partial charge is 0.221 e. The minimum Gasteiger partial charge on any atom is -0.394 e. The molecular weight excluding hydrogens is 234 g/mol. The van der Waals surface area contributed by atoms with E-state index in [1.165, 1.54) is 4.90 Å². The summed E-state index contributed by atoms with van der Waals surface area (Å²) in [6.45, 7) is 0.0601. The van der Waals surface area contributed by atoms with Crippen LogP contribution in [-0.4, -0.2) is 28.9 Å². The Labute approximate surface area is 106 Å². The molecule has 2 N–H and O–H groups in total. The van der Waals surface area contributed by atoms with Gasteiger partial charge >= 0.3 is 0 Å². The van der Waals surface area contributed by atoms with Crippen molar-refractivity contribution < 1.29 is 9.90 Å². The largest absolute Gasteiger partial charge is 0.394 e. The molecule has 4 heteroatoms. The standard InChI is InChI=1S/C13H17NO2S/c15-10-13(7-8-13)14-12(16)6-9-17-11-4-2-1-3-5-11/h1-5,15H,6-10H2,(H,14,16). The fraction of sp³-hybridized carbons (Fsp3) is 0.462. The van der Waals surface area contributed by atoms with Crippen LogP contribution in [0.1, 0.15) is 19.3 Å². The second-order valence-corrected chi connectivity index (χ2v) is 5.57. The molecule has 1 amide bonds. The summed E-state index contributed by atoms with van der Waals surface area (Å²) >= 11 is 1.68. The Kier molecular flexibility index (Phi) is 4.07. The molecule has 0 aromatic heterocycles. The van der Waals surface area contributed by atoms with Crippen molar-refractivity contribution in [3.05, 3.63) is 30.3 Å². The molecule has 92 valence electrons. The fourth-order valence-electron chi connectivity index (χ4n) is 1.61. The summed E-state index contributed by atoms with van der Waals surface area (Å²) in [5.74, 6) is 0.817. The topological polar surface area (TPSA) is 49.3 Å². The maximum absolute atomic E-state index is 11.6. The summed E-state index contributed by atoms with van der Waals surface area (Å²) in [5.41, 5.74) is -0.283. The lowest BCUT2D eigenvalue weighted by Crippen LogP contribution is -2.39. The van der Waals surface area contributed by atoms with E-state index in [2.05, 4.69) is 5.32 Å². The Morgan fingerprint density at radius 2 is 2.06 bits per heavy atom. The first-order valence-corrected chi connectivity index (χ1v) is 6.82. The van der Waals surface area contributed by atoms with Crippen LogP contribution < -0.4 is 5.32 Å². The van der Waals surface area contributed by atoms with E-state index in [9.17, 15) is 4.79 Å². The summed E-state index contributed by atoms with van der Waals surface area (Å²) in [5, 5.41) is 12.0. The second kappa shape index (κ2) is 5.56. The maximum atomic E-state index is 11.6. The van der Waals surface area contributed by atoms with Crippen molar-refractivity contribution in [2.45, 2.75) is 29.7 Å². The van der Waals surface area contributed by atoms with E-state index in [1.54, 1.807) is 11.8 Å². The van der Waals surface area contributed by atoms with Gasteiger partial charge in [-0.25, -0.2) is 0 Å². The van der Waals surface area contributed by atoms with E-state index in [0.717, 1.165) is 18.6 Å². The first-order chi connectivity index (χ1) is 8.24. The summed E-state index contributed by atoms with van der Waals surface area (Å²) in [6, 6.07) is 10.0. The lowest BCUT2D eigenvalue weighted by molar-refractivity contribution is -0.122. The molecule has 0 atom stereocenters. The number of hydrogen-bond donors (Lipinski definition) is 2. The van der Waals surface area contributed by atoms with E-state index < -0.39 is 0 Å². The SMILES string of the molecule is O=C(CCSc1ccccc1)NC1(CO)CC1. The quantitative estimate of drug-likeness (QED) is 0.758. The molecule has 1 aromatic carbocycles. The van der Waals surface area contributed by atoms with Gasteiger partial charge in [-0.05, 0) is 25.0 Å². The molecule has 1 aliphatic carbocycles. The third kappa shape index (κ3) is 3.75. The Bertz CT molecular complexity index is 376. The van der Waals surface area contributed by atoms with Crippen molar-refractivity contribution >= 4 is 17.7 Å². The Balaban J connectivity index is 1.67. The van der Waals surface area contributed by atoms with Crippen LogP contribution in [0.5, 0.6) is 0 Å². The van der Waals surface area contributed by atoms with Crippen molar-refractivity contribution in [2.24, 2.45) is 0 Å². The summed E-state index contributed by atoms with van der Waals surface area (Å²) in [7, 11) is 0. The van der Waals surface area contributed by atoms with Gasteiger partial charge in [0.1, 0.15) is 0 Å². The van der Waals surface area contributed by atoms with Gasteiger partial charge in [0.15, 0.2) is 0 Å². The number of hydrogen-bond acceptors (Lipinski definition) is 3. The number of aliphatic hydroxyl groups excluding tert-OH is 1. The molecule has 0 aliphatic heterocycles. The molecule has 0 heterocycles. The Morgan fingerprint density at radius 3 is 2.65 bits per heavy atom. The molecule has 2 rings (SSSR count). The third-order valence-electron chi connectivity index (χ3n) is 2.90. The average Bonchev–Trinajstić information content (AvgIpc) is 3.11. The average molecular weight is 251 g/mol. The van der Waals surface area contributed by atoms with E-state index in [1.807, 2.05) is 30.3 Å². The van der Waals surface area contributed by atoms with Crippen LogP contribution in [0.15, 0.2) is 35.2 Å². The number of nitrogens with one attached hydrogen (secondary N) is 1. The van der Waals surface area contributed by atoms with Crippen molar-refractivity contribution in [2.75, 3.05) is 12.4 Å². The Hall–Kier alpha value is -1.00. The van der Waals surface area contributed by atoms with Gasteiger partial charge < -0.3 is 10.4 Å². The van der Waals surface area contributed by atoms with Crippen molar-refractivity contribution in [3.8, 4) is 0 Å². The van der Waals surface area contributed by atoms with Crippen LogP contribution in [0.25, 0.3) is 0 Å². The molecule has 0 bridgehead atoms. The highest BCUT2D eigenvalue weighted by Gasteiger charge is 2.43. The molecular formula is C13H17NO2S. The van der Waals surface area contributed by atoms with E-state index in [0.29, 0.717) is 6.42 Å². The molecule has 17 heavy (non-hydrogen) atoms. The summed E-state index contributed by atoms with van der Waals surface area (Å²) in [4.78, 5) is 12.8. The number of carbonyl (C=O) groups excluding carboxylic acids is 1. The highest BCUT2D eigenvalue weighted by molar-refractivity contribution is 7.99. The lowest BCUT2D eigenvalue weighted by Gasteiger charge is -2.13. The molecule has 1 fully saturated rings. The predicted molar refractivity (Wildman–Crippen MR) is 69.0 cm³/mol. The summed E-state index contributed by atoms with van der Waals surface area (Å²) in [6.07, 6.45) is 2.31. The van der Waals surface area contributed by atoms with Crippen LogP contribution in [0.3, 0.4) is 0 Å². The zero-order valence-corrected chi connectivity index (χ0v) is 10.5. The van der Waals surface area contributed by atoms with Crippen LogP contribution >= 0.6 is 11.8 Å². The monoisotopic (exact) mass is 251 g/mol. The van der Waals surface area contributed by atoms with Crippen LogP contribution in [-0.2, 0) is 4.79 Å². The molecule has 1 aromatic rings. The van der Waals surface area contributed by atoms with Gasteiger partial charge in [0.05, 0.1) is 12.1 Å². The van der Waals surface area contributed by atoms with Gasteiger partial charge in [-0.1, -0.05) is 18.2 Å². The van der Waals surface area contributed by atoms with Crippen molar-refractivity contribution in [1.82, 2.24) is 5.32 Å². The molecule has 0 spiro atoms. The van der Waals surface area contributed by atoms with Crippen molar-refractivity contribution in [1.29, 1.82) is 0 Å². The van der Waals surface area contributed by atoms with Gasteiger partial charge in [-0.15, -0.1) is 11.8 Å². The molecule has 1 saturated carbocycles. The number of benzene rings is 1. The molecule has 1 aliphatic rings. The fourth-order valence-corrected chi connectivity index (χ4v) is 2.48. The number of aliphatic hydroxyl groups is 1. The number of thioether (sulfide) groups is 1. The molecule has 0 radical (unpaired) electrons. The normalized spacial score (nSPS) is 16.5. The zero-order valence-electron chi connectivity index (χ0n) is 9.69. The second-order valence-electron chi connectivity index (χ2n) is 4.40. The maximum Gasteiger partial charge on any atom is 0.221 e. The van der Waals surface area contributed by atoms with E-state index >= 15 is 0 Å². The summed E-state index contributed by atoms with van der Waals surface area (Å²) < 4.78 is 0. The van der Waals surface area contributed by atoms with Crippen LogP contribution in [0, 0.1) is 0 Å². The van der Waals surface area contributed by atoms with E-state index in [-0.39, 0.29) is 18.1 Å². The minimum atomic E-state index is -0.283. The number of rotatable bonds is 6. The van der Waals surface area contributed by atoms with Crippen LogP contribution in [0.4, 0.5) is 0 Å². The first-order valence-electron chi connectivity index (χ1n) is 5.84. The highest BCUT2D eigenvalue weighted by atomic mass is 32.2. The number of amides is 1. The predicted octanol–water partition coefficient (Wildman–Crippen LogP) is 1.81. The number of carbonyl (C=O) groups is 1. The molecule has 0 saturated heterocycles. The van der Waals surface area contributed by atoms with Gasteiger partial charge in [0, 0.05) is 17.1 Å². The minimum absolute atomic E-state index is 0.0416. The third-order valence-corrected chi connectivity index (χ3v) is 3.92. The molecule has 3 nitrogen and oxygen atoms in total. The zero-order chi connectivity index (χ0) is 12.1.